The number of carbonyl (C=O) groups is 1. The third kappa shape index (κ3) is 4.63. The summed E-state index contributed by atoms with van der Waals surface area (Å²) >= 11 is 0. The highest BCUT2D eigenvalue weighted by molar-refractivity contribution is 6.02. The summed E-state index contributed by atoms with van der Waals surface area (Å²) in [6.07, 6.45) is -3.75. The van der Waals surface area contributed by atoms with Crippen molar-refractivity contribution in [3.05, 3.63) is 22.6 Å². The first kappa shape index (κ1) is 21.4. The molecule has 0 atom stereocenters. The molecule has 1 amide bonds. The summed E-state index contributed by atoms with van der Waals surface area (Å²) in [5.41, 5.74) is 0.394. The van der Waals surface area contributed by atoms with Crippen molar-refractivity contribution in [2.75, 3.05) is 30.4 Å². The summed E-state index contributed by atoms with van der Waals surface area (Å²) in [7, 11) is 1.62. The Kier molecular flexibility index (Phi) is 5.75. The number of halogens is 3. The molecular formula is C19H25F3N4O3. The third-order valence-electron chi connectivity index (χ3n) is 5.66. The van der Waals surface area contributed by atoms with E-state index in [2.05, 4.69) is 15.8 Å². The van der Waals surface area contributed by atoms with Crippen molar-refractivity contribution < 1.29 is 23.1 Å². The van der Waals surface area contributed by atoms with Gasteiger partial charge in [-0.2, -0.15) is 13.2 Å². The summed E-state index contributed by atoms with van der Waals surface area (Å²) in [4.78, 5) is 25.9. The molecule has 0 spiro atoms. The Labute approximate surface area is 166 Å². The molecule has 1 saturated carbocycles. The van der Waals surface area contributed by atoms with Gasteiger partial charge in [-0.15, -0.1) is 4.91 Å². The van der Waals surface area contributed by atoms with Gasteiger partial charge in [-0.1, -0.05) is 0 Å². The summed E-state index contributed by atoms with van der Waals surface area (Å²) in [6.45, 7) is 2.32. The second kappa shape index (κ2) is 7.81. The number of rotatable bonds is 5. The molecule has 1 aliphatic heterocycles. The lowest BCUT2D eigenvalue weighted by Crippen LogP contribution is -2.60. The molecule has 0 bridgehead atoms. The number of anilines is 2. The Balaban J connectivity index is 1.78. The second-order valence-electron chi connectivity index (χ2n) is 8.14. The third-order valence-corrected chi connectivity index (χ3v) is 5.66. The number of benzene rings is 1. The van der Waals surface area contributed by atoms with Gasteiger partial charge in [-0.25, -0.2) is 0 Å². The maximum atomic E-state index is 12.9. The highest BCUT2D eigenvalue weighted by Crippen LogP contribution is 2.39. The summed E-state index contributed by atoms with van der Waals surface area (Å²) < 4.78 is 38.5. The number of nitrogens with one attached hydrogen (secondary N) is 2. The first-order valence-corrected chi connectivity index (χ1v) is 9.58. The second-order valence-corrected chi connectivity index (χ2v) is 8.14. The fourth-order valence-corrected chi connectivity index (χ4v) is 4.07. The highest BCUT2D eigenvalue weighted by Gasteiger charge is 2.42. The van der Waals surface area contributed by atoms with Crippen LogP contribution in [0.15, 0.2) is 17.3 Å². The highest BCUT2D eigenvalue weighted by atomic mass is 19.4. The number of alkyl halides is 3. The van der Waals surface area contributed by atoms with Crippen LogP contribution in [0.5, 0.6) is 0 Å². The Morgan fingerprint density at radius 2 is 1.86 bits per heavy atom. The van der Waals surface area contributed by atoms with Gasteiger partial charge in [0.1, 0.15) is 5.69 Å². The quantitative estimate of drug-likeness (QED) is 0.641. The maximum absolute atomic E-state index is 12.9. The van der Waals surface area contributed by atoms with E-state index in [-0.39, 0.29) is 43.0 Å². The number of aliphatic hydroxyl groups is 1. The van der Waals surface area contributed by atoms with Crippen molar-refractivity contribution in [2.45, 2.75) is 50.4 Å². The van der Waals surface area contributed by atoms with Gasteiger partial charge in [-0.05, 0) is 49.9 Å². The van der Waals surface area contributed by atoms with Gasteiger partial charge >= 0.3 is 6.18 Å². The van der Waals surface area contributed by atoms with E-state index in [1.807, 2.05) is 4.90 Å². The molecule has 29 heavy (non-hydrogen) atoms. The van der Waals surface area contributed by atoms with Crippen molar-refractivity contribution in [1.82, 2.24) is 5.32 Å². The van der Waals surface area contributed by atoms with Crippen molar-refractivity contribution in [2.24, 2.45) is 11.1 Å². The first-order chi connectivity index (χ1) is 13.5. The van der Waals surface area contributed by atoms with Gasteiger partial charge in [0.15, 0.2) is 0 Å². The molecule has 160 valence electrons. The fraction of sp³-hybridized carbons (Fsp3) is 0.632. The van der Waals surface area contributed by atoms with Crippen LogP contribution in [0.4, 0.5) is 30.2 Å². The van der Waals surface area contributed by atoms with E-state index in [0.717, 1.165) is 0 Å². The van der Waals surface area contributed by atoms with Crippen LogP contribution in [0.2, 0.25) is 0 Å². The van der Waals surface area contributed by atoms with E-state index in [4.69, 9.17) is 0 Å². The summed E-state index contributed by atoms with van der Waals surface area (Å²) in [5.74, 6) is -1.79. The van der Waals surface area contributed by atoms with Crippen LogP contribution in [0, 0.1) is 10.8 Å². The van der Waals surface area contributed by atoms with Crippen LogP contribution in [-0.4, -0.2) is 49.0 Å². The van der Waals surface area contributed by atoms with E-state index >= 15 is 0 Å². The average molecular weight is 414 g/mol. The van der Waals surface area contributed by atoms with Crippen LogP contribution in [0.25, 0.3) is 0 Å². The number of carbonyl (C=O) groups excluding carboxylic acids is 1. The average Bonchev–Trinajstić information content (AvgIpc) is 2.64. The molecule has 1 aromatic carbocycles. The van der Waals surface area contributed by atoms with Gasteiger partial charge in [0.25, 0.3) is 5.91 Å². The standard InChI is InChI=1S/C19H25F3N4O3/c1-18(28)9-26(10-18)16-8-14(23-2)15(25-29)7-13(16)17(27)24-12-5-3-11(4-6-12)19(20,21)22/h7-8,11-12,23,28H,3-6,9-10H2,1-2H3,(H,24,27). The summed E-state index contributed by atoms with van der Waals surface area (Å²) in [5, 5.41) is 18.6. The van der Waals surface area contributed by atoms with Crippen LogP contribution < -0.4 is 15.5 Å². The fourth-order valence-electron chi connectivity index (χ4n) is 4.07. The van der Waals surface area contributed by atoms with Gasteiger partial charge in [0.05, 0.1) is 28.5 Å². The van der Waals surface area contributed by atoms with Gasteiger partial charge < -0.3 is 20.6 Å². The number of amides is 1. The number of nitrogens with zero attached hydrogens (tertiary/aromatic N) is 2. The van der Waals surface area contributed by atoms with E-state index in [0.29, 0.717) is 24.5 Å². The molecule has 3 rings (SSSR count). The smallest absolute Gasteiger partial charge is 0.386 e. The number of nitroso groups, excluding NO2 is 1. The molecule has 3 N–H and O–H groups in total. The predicted molar refractivity (Wildman–Crippen MR) is 104 cm³/mol. The Bertz CT molecular complexity index is 782. The van der Waals surface area contributed by atoms with Gasteiger partial charge in [0, 0.05) is 26.2 Å². The van der Waals surface area contributed by atoms with Gasteiger partial charge in [0.2, 0.25) is 0 Å². The molecule has 0 aromatic heterocycles. The first-order valence-electron chi connectivity index (χ1n) is 9.58. The lowest BCUT2D eigenvalue weighted by molar-refractivity contribution is -0.182. The molecule has 0 radical (unpaired) electrons. The minimum Gasteiger partial charge on any atom is -0.386 e. The zero-order chi connectivity index (χ0) is 21.4. The minimum atomic E-state index is -4.20. The lowest BCUT2D eigenvalue weighted by atomic mass is 9.85. The lowest BCUT2D eigenvalue weighted by Gasteiger charge is -2.46. The van der Waals surface area contributed by atoms with Gasteiger partial charge in [-0.3, -0.25) is 4.79 Å². The molecule has 7 nitrogen and oxygen atoms in total. The van der Waals surface area contributed by atoms with Crippen molar-refractivity contribution in [3.63, 3.8) is 0 Å². The normalized spacial score (nSPS) is 23.9. The zero-order valence-corrected chi connectivity index (χ0v) is 16.3. The zero-order valence-electron chi connectivity index (χ0n) is 16.3. The van der Waals surface area contributed by atoms with Crippen LogP contribution in [-0.2, 0) is 0 Å². The molecule has 1 aromatic rings. The molecular weight excluding hydrogens is 389 g/mol. The molecule has 1 heterocycles. The topological polar surface area (TPSA) is 94.0 Å². The Morgan fingerprint density at radius 1 is 1.24 bits per heavy atom. The van der Waals surface area contributed by atoms with E-state index in [1.54, 1.807) is 20.0 Å². The number of hydrogen-bond acceptors (Lipinski definition) is 6. The molecule has 10 heteroatoms. The SMILES string of the molecule is CNc1cc(N2CC(C)(O)C2)c(C(=O)NC2CCC(C(F)(F)F)CC2)cc1N=O. The minimum absolute atomic E-state index is 0.0177. The molecule has 2 aliphatic rings. The van der Waals surface area contributed by atoms with Crippen molar-refractivity contribution in [1.29, 1.82) is 0 Å². The molecule has 2 fully saturated rings. The Morgan fingerprint density at radius 3 is 2.34 bits per heavy atom. The Hall–Kier alpha value is -2.36. The van der Waals surface area contributed by atoms with Crippen LogP contribution >= 0.6 is 0 Å². The van der Waals surface area contributed by atoms with Crippen LogP contribution in [0.1, 0.15) is 43.0 Å². The van der Waals surface area contributed by atoms with Crippen molar-refractivity contribution >= 4 is 23.0 Å². The molecule has 1 saturated heterocycles. The summed E-state index contributed by atoms with van der Waals surface area (Å²) in [6, 6.07) is 2.64. The number of β-amino-alcohol motifs (C(OH)–C–C–N with tert-alkyl or cyclic N) is 1. The van der Waals surface area contributed by atoms with E-state index in [9.17, 15) is 28.0 Å². The van der Waals surface area contributed by atoms with Crippen molar-refractivity contribution in [3.8, 4) is 0 Å². The molecule has 1 aliphatic carbocycles. The largest absolute Gasteiger partial charge is 0.391 e. The monoisotopic (exact) mass is 414 g/mol. The maximum Gasteiger partial charge on any atom is 0.391 e. The van der Waals surface area contributed by atoms with E-state index in [1.165, 1.54) is 6.07 Å². The predicted octanol–water partition coefficient (Wildman–Crippen LogP) is 3.55. The van der Waals surface area contributed by atoms with Crippen LogP contribution in [0.3, 0.4) is 0 Å². The number of hydrogen-bond donors (Lipinski definition) is 3. The van der Waals surface area contributed by atoms with E-state index < -0.39 is 23.6 Å². The molecule has 0 unspecified atom stereocenters.